The first-order chi connectivity index (χ1) is 11.2. The summed E-state index contributed by atoms with van der Waals surface area (Å²) in [6.45, 7) is 4.97. The molecule has 1 fully saturated rings. The fourth-order valence-corrected chi connectivity index (χ4v) is 3.27. The molecular weight excluding hydrogens is 322 g/mol. The molecule has 1 amide bonds. The van der Waals surface area contributed by atoms with Crippen molar-refractivity contribution in [2.24, 2.45) is 11.7 Å². The lowest BCUT2D eigenvalue weighted by Crippen LogP contribution is -2.45. The van der Waals surface area contributed by atoms with Gasteiger partial charge in [0, 0.05) is 25.7 Å². The number of hydrogen-bond donors (Lipinski definition) is 2. The third-order valence-electron chi connectivity index (χ3n) is 4.75. The molecule has 1 aliphatic rings. The highest BCUT2D eigenvalue weighted by molar-refractivity contribution is 5.85. The van der Waals surface area contributed by atoms with E-state index in [-0.39, 0.29) is 18.3 Å². The molecule has 0 unspecified atom stereocenters. The van der Waals surface area contributed by atoms with Crippen LogP contribution in [0.2, 0.25) is 0 Å². The van der Waals surface area contributed by atoms with Gasteiger partial charge < -0.3 is 11.1 Å². The minimum atomic E-state index is 0. The van der Waals surface area contributed by atoms with Gasteiger partial charge in [0.1, 0.15) is 0 Å². The van der Waals surface area contributed by atoms with Gasteiger partial charge in [-0.2, -0.15) is 0 Å². The molecule has 136 valence electrons. The third-order valence-corrected chi connectivity index (χ3v) is 4.75. The van der Waals surface area contributed by atoms with Crippen molar-refractivity contribution in [3.05, 3.63) is 35.9 Å². The van der Waals surface area contributed by atoms with Gasteiger partial charge in [-0.25, -0.2) is 0 Å². The van der Waals surface area contributed by atoms with Crippen LogP contribution in [0.25, 0.3) is 0 Å². The topological polar surface area (TPSA) is 58.4 Å². The minimum Gasteiger partial charge on any atom is -0.352 e. The second kappa shape index (κ2) is 11.5. The number of rotatable bonds is 8. The van der Waals surface area contributed by atoms with Crippen molar-refractivity contribution in [2.75, 3.05) is 26.2 Å². The molecule has 2 rings (SSSR count). The predicted molar refractivity (Wildman–Crippen MR) is 102 cm³/mol. The van der Waals surface area contributed by atoms with E-state index in [1.165, 1.54) is 18.4 Å². The van der Waals surface area contributed by atoms with Crippen LogP contribution in [-0.2, 0) is 11.2 Å². The highest BCUT2D eigenvalue weighted by atomic mass is 35.5. The zero-order valence-corrected chi connectivity index (χ0v) is 15.6. The highest BCUT2D eigenvalue weighted by Gasteiger charge is 2.20. The maximum absolute atomic E-state index is 12.3. The fraction of sp³-hybridized carbons (Fsp3) is 0.632. The molecule has 0 aliphatic heterocycles. The molecule has 5 heteroatoms. The molecule has 1 saturated carbocycles. The summed E-state index contributed by atoms with van der Waals surface area (Å²) in [6.07, 6.45) is 5.65. The van der Waals surface area contributed by atoms with E-state index in [4.69, 9.17) is 5.73 Å². The molecule has 4 nitrogen and oxygen atoms in total. The standard InChI is InChI=1S/C19H31N3O.ClH/c1-16-7-9-18(10-8-16)21-19(23)15-22(14-12-20)13-11-17-5-3-2-4-6-17;/h2-6,16,18H,7-15,20H2,1H3,(H,21,23);1H. The summed E-state index contributed by atoms with van der Waals surface area (Å²) >= 11 is 0. The van der Waals surface area contributed by atoms with Crippen molar-refractivity contribution >= 4 is 18.3 Å². The number of benzene rings is 1. The molecule has 24 heavy (non-hydrogen) atoms. The molecule has 0 aromatic heterocycles. The van der Waals surface area contributed by atoms with Gasteiger partial charge in [-0.05, 0) is 43.6 Å². The molecule has 0 spiro atoms. The van der Waals surface area contributed by atoms with Crippen LogP contribution in [0.15, 0.2) is 30.3 Å². The largest absolute Gasteiger partial charge is 0.352 e. The van der Waals surface area contributed by atoms with Crippen LogP contribution in [0.1, 0.15) is 38.2 Å². The zero-order valence-electron chi connectivity index (χ0n) is 14.7. The van der Waals surface area contributed by atoms with Gasteiger partial charge >= 0.3 is 0 Å². The Balaban J connectivity index is 0.00000288. The Hall–Kier alpha value is -1.10. The maximum Gasteiger partial charge on any atom is 0.234 e. The van der Waals surface area contributed by atoms with Crippen LogP contribution in [-0.4, -0.2) is 43.0 Å². The van der Waals surface area contributed by atoms with Crippen molar-refractivity contribution in [3.8, 4) is 0 Å². The van der Waals surface area contributed by atoms with Crippen LogP contribution >= 0.6 is 12.4 Å². The average Bonchev–Trinajstić information content (AvgIpc) is 2.56. The molecule has 0 saturated heterocycles. The SMILES string of the molecule is CC1CCC(NC(=O)CN(CCN)CCc2ccccc2)CC1.Cl. The Morgan fingerprint density at radius 3 is 2.46 bits per heavy atom. The first-order valence-corrected chi connectivity index (χ1v) is 8.93. The van der Waals surface area contributed by atoms with E-state index in [1.807, 2.05) is 6.07 Å². The van der Waals surface area contributed by atoms with Gasteiger partial charge in [0.05, 0.1) is 6.54 Å². The van der Waals surface area contributed by atoms with E-state index in [9.17, 15) is 4.79 Å². The highest BCUT2D eigenvalue weighted by Crippen LogP contribution is 2.23. The van der Waals surface area contributed by atoms with E-state index in [1.54, 1.807) is 0 Å². The van der Waals surface area contributed by atoms with Gasteiger partial charge in [0.25, 0.3) is 0 Å². The summed E-state index contributed by atoms with van der Waals surface area (Å²) in [7, 11) is 0. The number of carbonyl (C=O) groups is 1. The maximum atomic E-state index is 12.3. The number of hydrogen-bond acceptors (Lipinski definition) is 3. The van der Waals surface area contributed by atoms with E-state index in [0.29, 0.717) is 19.1 Å². The first kappa shape index (κ1) is 20.9. The summed E-state index contributed by atoms with van der Waals surface area (Å²) in [5.41, 5.74) is 7.00. The third kappa shape index (κ3) is 7.65. The normalized spacial score (nSPS) is 20.5. The van der Waals surface area contributed by atoms with Gasteiger partial charge in [0.2, 0.25) is 5.91 Å². The van der Waals surface area contributed by atoms with Gasteiger partial charge in [-0.1, -0.05) is 37.3 Å². The molecule has 1 aromatic carbocycles. The lowest BCUT2D eigenvalue weighted by Gasteiger charge is -2.28. The number of halogens is 1. The lowest BCUT2D eigenvalue weighted by molar-refractivity contribution is -0.123. The molecule has 0 heterocycles. The summed E-state index contributed by atoms with van der Waals surface area (Å²) in [5, 5.41) is 3.21. The van der Waals surface area contributed by atoms with Crippen LogP contribution in [0.4, 0.5) is 0 Å². The zero-order chi connectivity index (χ0) is 16.5. The molecule has 1 aromatic rings. The van der Waals surface area contributed by atoms with Crippen LogP contribution in [0.5, 0.6) is 0 Å². The van der Waals surface area contributed by atoms with Crippen LogP contribution < -0.4 is 11.1 Å². The second-order valence-electron chi connectivity index (χ2n) is 6.82. The fourth-order valence-electron chi connectivity index (χ4n) is 3.27. The summed E-state index contributed by atoms with van der Waals surface area (Å²) in [4.78, 5) is 14.5. The van der Waals surface area contributed by atoms with Crippen molar-refractivity contribution in [1.82, 2.24) is 10.2 Å². The van der Waals surface area contributed by atoms with Crippen molar-refractivity contribution < 1.29 is 4.79 Å². The number of nitrogens with two attached hydrogens (primary N) is 1. The smallest absolute Gasteiger partial charge is 0.234 e. The van der Waals surface area contributed by atoms with Crippen molar-refractivity contribution in [2.45, 2.75) is 45.1 Å². The lowest BCUT2D eigenvalue weighted by atomic mass is 9.87. The summed E-state index contributed by atoms with van der Waals surface area (Å²) in [6, 6.07) is 10.8. The van der Waals surface area contributed by atoms with Crippen molar-refractivity contribution in [1.29, 1.82) is 0 Å². The van der Waals surface area contributed by atoms with Crippen molar-refractivity contribution in [3.63, 3.8) is 0 Å². The first-order valence-electron chi connectivity index (χ1n) is 8.93. The molecule has 0 atom stereocenters. The Morgan fingerprint density at radius 1 is 1.17 bits per heavy atom. The molecule has 3 N–H and O–H groups in total. The van der Waals surface area contributed by atoms with Gasteiger partial charge in [-0.3, -0.25) is 9.69 Å². The quantitative estimate of drug-likeness (QED) is 0.755. The number of carbonyl (C=O) groups excluding carboxylic acids is 1. The van der Waals surface area contributed by atoms with Crippen LogP contribution in [0, 0.1) is 5.92 Å². The van der Waals surface area contributed by atoms with E-state index in [0.717, 1.165) is 38.3 Å². The van der Waals surface area contributed by atoms with Gasteiger partial charge in [0.15, 0.2) is 0 Å². The molecule has 0 radical (unpaired) electrons. The monoisotopic (exact) mass is 353 g/mol. The number of nitrogens with zero attached hydrogens (tertiary/aromatic N) is 1. The average molecular weight is 354 g/mol. The number of nitrogens with one attached hydrogen (secondary N) is 1. The molecular formula is C19H32ClN3O. The Bertz CT molecular complexity index is 461. The van der Waals surface area contributed by atoms with E-state index in [2.05, 4.69) is 41.4 Å². The Morgan fingerprint density at radius 2 is 1.83 bits per heavy atom. The Labute approximate surface area is 152 Å². The van der Waals surface area contributed by atoms with Crippen LogP contribution in [0.3, 0.4) is 0 Å². The minimum absolute atomic E-state index is 0. The Kier molecular flexibility index (Phi) is 9.99. The summed E-state index contributed by atoms with van der Waals surface area (Å²) in [5.74, 6) is 0.953. The van der Waals surface area contributed by atoms with E-state index >= 15 is 0 Å². The molecule has 0 bridgehead atoms. The number of amides is 1. The molecule has 1 aliphatic carbocycles. The predicted octanol–water partition coefficient (Wildman–Crippen LogP) is 2.61. The summed E-state index contributed by atoms with van der Waals surface area (Å²) < 4.78 is 0. The second-order valence-corrected chi connectivity index (χ2v) is 6.82. The van der Waals surface area contributed by atoms with Gasteiger partial charge in [-0.15, -0.1) is 12.4 Å². The van der Waals surface area contributed by atoms with E-state index < -0.39 is 0 Å².